The Labute approximate surface area is 188 Å². The predicted octanol–water partition coefficient (Wildman–Crippen LogP) is 3.87. The Hall–Kier alpha value is -2.83. The summed E-state index contributed by atoms with van der Waals surface area (Å²) in [6.07, 6.45) is 5.02. The van der Waals surface area contributed by atoms with Crippen LogP contribution in [0.1, 0.15) is 66.2 Å². The second-order valence-electron chi connectivity index (χ2n) is 9.04. The Morgan fingerprint density at radius 2 is 2.03 bits per heavy atom. The standard InChI is InChI=1S/C25H31FN4O2/c1-16-14-18(9-11-21(16)26)6-4-8-23(32)30-13-5-7-19(15-30)24-27-17(2)20-10-12-22(31)29(3)25(20)28-24/h9,11,14,19H,4-8,10,12-13,15H2,1-3H3/t19-/m0/s1. The number of fused-ring (bicyclic) bond motifs is 1. The monoisotopic (exact) mass is 438 g/mol. The molecule has 6 nitrogen and oxygen atoms in total. The summed E-state index contributed by atoms with van der Waals surface area (Å²) in [4.78, 5) is 38.1. The maximum Gasteiger partial charge on any atom is 0.228 e. The molecule has 7 heteroatoms. The SMILES string of the molecule is Cc1cc(CCCC(=O)N2CCC[C@H](c3nc(C)c4c(n3)N(C)C(=O)CC4)C2)ccc1F. The summed E-state index contributed by atoms with van der Waals surface area (Å²) in [7, 11) is 1.77. The van der Waals surface area contributed by atoms with E-state index in [4.69, 9.17) is 9.97 Å². The van der Waals surface area contributed by atoms with Gasteiger partial charge in [-0.25, -0.2) is 14.4 Å². The van der Waals surface area contributed by atoms with Gasteiger partial charge in [0.1, 0.15) is 17.5 Å². The summed E-state index contributed by atoms with van der Waals surface area (Å²) in [6, 6.07) is 5.14. The molecular formula is C25H31FN4O2. The molecule has 2 aliphatic heterocycles. The van der Waals surface area contributed by atoms with Gasteiger partial charge in [-0.3, -0.25) is 14.5 Å². The smallest absolute Gasteiger partial charge is 0.228 e. The van der Waals surface area contributed by atoms with Crippen LogP contribution in [-0.2, 0) is 22.4 Å². The van der Waals surface area contributed by atoms with Gasteiger partial charge in [0.2, 0.25) is 11.8 Å². The number of hydrogen-bond donors (Lipinski definition) is 0. The topological polar surface area (TPSA) is 66.4 Å². The van der Waals surface area contributed by atoms with E-state index in [-0.39, 0.29) is 23.5 Å². The zero-order valence-electron chi connectivity index (χ0n) is 19.2. The maximum absolute atomic E-state index is 13.4. The van der Waals surface area contributed by atoms with Gasteiger partial charge in [0.25, 0.3) is 0 Å². The van der Waals surface area contributed by atoms with Gasteiger partial charge in [0, 0.05) is 50.2 Å². The number of anilines is 1. The van der Waals surface area contributed by atoms with Crippen LogP contribution in [0.4, 0.5) is 10.2 Å². The number of amides is 2. The minimum Gasteiger partial charge on any atom is -0.342 e. The first-order chi connectivity index (χ1) is 15.3. The van der Waals surface area contributed by atoms with Crippen molar-refractivity contribution in [2.75, 3.05) is 25.0 Å². The molecule has 2 aliphatic rings. The molecule has 170 valence electrons. The van der Waals surface area contributed by atoms with Gasteiger partial charge in [-0.15, -0.1) is 0 Å². The highest BCUT2D eigenvalue weighted by Crippen LogP contribution is 2.31. The van der Waals surface area contributed by atoms with E-state index >= 15 is 0 Å². The Balaban J connectivity index is 1.39. The van der Waals surface area contributed by atoms with Crippen molar-refractivity contribution in [3.05, 3.63) is 52.2 Å². The molecule has 2 aromatic rings. The van der Waals surface area contributed by atoms with Crippen molar-refractivity contribution in [1.82, 2.24) is 14.9 Å². The second kappa shape index (κ2) is 9.35. The number of nitrogens with zero attached hydrogens (tertiary/aromatic N) is 4. The average Bonchev–Trinajstić information content (AvgIpc) is 2.79. The van der Waals surface area contributed by atoms with Gasteiger partial charge in [0.05, 0.1) is 0 Å². The van der Waals surface area contributed by atoms with Crippen molar-refractivity contribution in [3.8, 4) is 0 Å². The number of carbonyl (C=O) groups is 2. The lowest BCUT2D eigenvalue weighted by Crippen LogP contribution is -2.40. The predicted molar refractivity (Wildman–Crippen MR) is 121 cm³/mol. The second-order valence-corrected chi connectivity index (χ2v) is 9.04. The molecule has 3 heterocycles. The summed E-state index contributed by atoms with van der Waals surface area (Å²) < 4.78 is 13.4. The van der Waals surface area contributed by atoms with Crippen LogP contribution >= 0.6 is 0 Å². The fourth-order valence-corrected chi connectivity index (χ4v) is 4.75. The van der Waals surface area contributed by atoms with E-state index < -0.39 is 0 Å². The van der Waals surface area contributed by atoms with E-state index in [1.165, 1.54) is 6.07 Å². The van der Waals surface area contributed by atoms with E-state index in [0.717, 1.165) is 60.7 Å². The largest absolute Gasteiger partial charge is 0.342 e. The molecule has 1 aromatic carbocycles. The van der Waals surface area contributed by atoms with Crippen LogP contribution < -0.4 is 4.90 Å². The molecule has 1 aromatic heterocycles. The summed E-state index contributed by atoms with van der Waals surface area (Å²) >= 11 is 0. The lowest BCUT2D eigenvalue weighted by atomic mass is 9.95. The van der Waals surface area contributed by atoms with Gasteiger partial charge in [-0.05, 0) is 63.1 Å². The first kappa shape index (κ1) is 22.4. The number of halogens is 1. The fourth-order valence-electron chi connectivity index (χ4n) is 4.75. The Kier molecular flexibility index (Phi) is 6.53. The average molecular weight is 439 g/mol. The quantitative estimate of drug-likeness (QED) is 0.711. The van der Waals surface area contributed by atoms with E-state index in [1.807, 2.05) is 17.9 Å². The van der Waals surface area contributed by atoms with Gasteiger partial charge in [-0.2, -0.15) is 0 Å². The zero-order valence-corrected chi connectivity index (χ0v) is 19.2. The van der Waals surface area contributed by atoms with Crippen molar-refractivity contribution in [2.24, 2.45) is 0 Å². The van der Waals surface area contributed by atoms with Crippen molar-refractivity contribution in [3.63, 3.8) is 0 Å². The van der Waals surface area contributed by atoms with Crippen LogP contribution in [0.2, 0.25) is 0 Å². The molecule has 1 atom stereocenters. The van der Waals surface area contributed by atoms with Gasteiger partial charge in [0.15, 0.2) is 0 Å². The van der Waals surface area contributed by atoms with Crippen molar-refractivity contribution in [2.45, 2.75) is 64.7 Å². The third-order valence-corrected chi connectivity index (χ3v) is 6.71. The minimum absolute atomic E-state index is 0.0818. The molecule has 32 heavy (non-hydrogen) atoms. The first-order valence-electron chi connectivity index (χ1n) is 11.5. The van der Waals surface area contributed by atoms with Gasteiger partial charge < -0.3 is 4.90 Å². The maximum atomic E-state index is 13.4. The number of hydrogen-bond acceptors (Lipinski definition) is 4. The molecule has 1 saturated heterocycles. The molecule has 4 rings (SSSR count). The van der Waals surface area contributed by atoms with Gasteiger partial charge in [-0.1, -0.05) is 12.1 Å². The first-order valence-corrected chi connectivity index (χ1v) is 11.5. The number of rotatable bonds is 5. The number of carbonyl (C=O) groups excluding carboxylic acids is 2. The Bertz CT molecular complexity index is 1040. The fraction of sp³-hybridized carbons (Fsp3) is 0.520. The van der Waals surface area contributed by atoms with Crippen LogP contribution in [0.15, 0.2) is 18.2 Å². The van der Waals surface area contributed by atoms with Crippen molar-refractivity contribution in [1.29, 1.82) is 0 Å². The third-order valence-electron chi connectivity index (χ3n) is 6.71. The number of aryl methyl sites for hydroxylation is 3. The molecule has 0 bridgehead atoms. The summed E-state index contributed by atoms with van der Waals surface area (Å²) in [6.45, 7) is 5.12. The van der Waals surface area contributed by atoms with Crippen LogP contribution in [0, 0.1) is 19.7 Å². The molecule has 0 saturated carbocycles. The van der Waals surface area contributed by atoms with E-state index in [0.29, 0.717) is 31.4 Å². The number of likely N-dealkylation sites (tertiary alicyclic amines) is 1. The van der Waals surface area contributed by atoms with Gasteiger partial charge >= 0.3 is 0 Å². The summed E-state index contributed by atoms with van der Waals surface area (Å²) in [5.41, 5.74) is 3.68. The highest BCUT2D eigenvalue weighted by molar-refractivity contribution is 5.94. The molecule has 0 N–H and O–H groups in total. The van der Waals surface area contributed by atoms with Crippen LogP contribution in [0.3, 0.4) is 0 Å². The minimum atomic E-state index is -0.195. The van der Waals surface area contributed by atoms with Crippen LogP contribution in [0.25, 0.3) is 0 Å². The molecule has 0 radical (unpaired) electrons. The number of aromatic nitrogens is 2. The lowest BCUT2D eigenvalue weighted by molar-refractivity contribution is -0.132. The highest BCUT2D eigenvalue weighted by atomic mass is 19.1. The third kappa shape index (κ3) is 4.66. The van der Waals surface area contributed by atoms with E-state index in [1.54, 1.807) is 24.9 Å². The highest BCUT2D eigenvalue weighted by Gasteiger charge is 2.30. The van der Waals surface area contributed by atoms with Crippen LogP contribution in [-0.4, -0.2) is 46.8 Å². The normalized spacial score (nSPS) is 18.6. The molecule has 0 aliphatic carbocycles. The number of piperidine rings is 1. The Morgan fingerprint density at radius 3 is 2.81 bits per heavy atom. The molecule has 0 spiro atoms. The zero-order chi connectivity index (χ0) is 22.8. The Morgan fingerprint density at radius 1 is 1.22 bits per heavy atom. The molecule has 0 unspecified atom stereocenters. The molecular weight excluding hydrogens is 407 g/mol. The van der Waals surface area contributed by atoms with Crippen molar-refractivity contribution < 1.29 is 14.0 Å². The van der Waals surface area contributed by atoms with Crippen LogP contribution in [0.5, 0.6) is 0 Å². The summed E-state index contributed by atoms with van der Waals surface area (Å²) in [5, 5.41) is 0. The lowest BCUT2D eigenvalue weighted by Gasteiger charge is -2.33. The number of benzene rings is 1. The van der Waals surface area contributed by atoms with E-state index in [9.17, 15) is 14.0 Å². The molecule has 2 amide bonds. The molecule has 1 fully saturated rings. The van der Waals surface area contributed by atoms with E-state index in [2.05, 4.69) is 0 Å². The van der Waals surface area contributed by atoms with Crippen molar-refractivity contribution >= 4 is 17.6 Å². The summed E-state index contributed by atoms with van der Waals surface area (Å²) in [5.74, 6) is 1.58.